The summed E-state index contributed by atoms with van der Waals surface area (Å²) in [4.78, 5) is 36.3. The Morgan fingerprint density at radius 1 is 0.857 bits per heavy atom. The van der Waals surface area contributed by atoms with Crippen LogP contribution in [0.3, 0.4) is 0 Å². The molecule has 0 bridgehead atoms. The first-order valence-electron chi connectivity index (χ1n) is 11.3. The summed E-state index contributed by atoms with van der Waals surface area (Å²) in [5, 5.41) is 2.80. The van der Waals surface area contributed by atoms with Crippen molar-refractivity contribution in [2.24, 2.45) is 5.92 Å². The van der Waals surface area contributed by atoms with Gasteiger partial charge in [0.15, 0.2) is 0 Å². The highest BCUT2D eigenvalue weighted by Crippen LogP contribution is 2.17. The van der Waals surface area contributed by atoms with Crippen LogP contribution in [0.1, 0.15) is 35.7 Å². The molecule has 8 heteroatoms. The molecule has 3 amide bonds. The summed E-state index contributed by atoms with van der Waals surface area (Å²) >= 11 is 0. The predicted molar refractivity (Wildman–Crippen MR) is 131 cm³/mol. The second-order valence-corrected chi connectivity index (χ2v) is 8.18. The average molecular weight is 478 g/mol. The number of halogens is 1. The molecule has 3 aromatic rings. The molecule has 0 aliphatic heterocycles. The van der Waals surface area contributed by atoms with E-state index in [0.717, 1.165) is 12.5 Å². The van der Waals surface area contributed by atoms with Crippen molar-refractivity contribution in [3.05, 3.63) is 95.8 Å². The molecule has 182 valence electrons. The van der Waals surface area contributed by atoms with E-state index >= 15 is 0 Å². The molecule has 0 aliphatic rings. The summed E-state index contributed by atoms with van der Waals surface area (Å²) in [5.41, 5.74) is 6.44. The minimum atomic E-state index is -0.629. The predicted octanol–water partition coefficient (Wildman–Crippen LogP) is 4.26. The number of hydrazine groups is 1. The number of anilines is 1. The Bertz CT molecular complexity index is 1140. The molecule has 0 heterocycles. The summed E-state index contributed by atoms with van der Waals surface area (Å²) in [5.74, 6) is -1.41. The fourth-order valence-corrected chi connectivity index (χ4v) is 3.36. The van der Waals surface area contributed by atoms with Crippen LogP contribution in [0.25, 0.3) is 0 Å². The molecule has 3 aromatic carbocycles. The van der Waals surface area contributed by atoms with Gasteiger partial charge in [-0.25, -0.2) is 4.39 Å². The third kappa shape index (κ3) is 8.92. The van der Waals surface area contributed by atoms with Crippen molar-refractivity contribution in [1.29, 1.82) is 0 Å². The number of rotatable bonds is 10. The van der Waals surface area contributed by atoms with E-state index in [0.29, 0.717) is 18.0 Å². The first kappa shape index (κ1) is 25.4. The van der Waals surface area contributed by atoms with Crippen molar-refractivity contribution in [3.63, 3.8) is 0 Å². The van der Waals surface area contributed by atoms with Crippen LogP contribution >= 0.6 is 0 Å². The first-order valence-corrected chi connectivity index (χ1v) is 11.3. The van der Waals surface area contributed by atoms with Crippen molar-refractivity contribution in [3.8, 4) is 5.75 Å². The van der Waals surface area contributed by atoms with Gasteiger partial charge in [0.05, 0.1) is 6.61 Å². The van der Waals surface area contributed by atoms with Gasteiger partial charge in [-0.1, -0.05) is 43.3 Å². The number of hydrogen-bond donors (Lipinski definition) is 3. The lowest BCUT2D eigenvalue weighted by atomic mass is 10.0. The summed E-state index contributed by atoms with van der Waals surface area (Å²) in [6, 6.07) is 22.3. The Morgan fingerprint density at radius 3 is 2.29 bits per heavy atom. The first-order chi connectivity index (χ1) is 16.9. The van der Waals surface area contributed by atoms with Crippen LogP contribution in [0.15, 0.2) is 78.9 Å². The van der Waals surface area contributed by atoms with E-state index in [1.807, 2.05) is 18.2 Å². The molecular weight excluding hydrogens is 449 g/mol. The molecule has 0 radical (unpaired) electrons. The molecule has 1 atom stereocenters. The molecule has 7 nitrogen and oxygen atoms in total. The maximum absolute atomic E-state index is 13.2. The van der Waals surface area contributed by atoms with Crippen LogP contribution in [0.4, 0.5) is 10.1 Å². The number of benzene rings is 3. The van der Waals surface area contributed by atoms with Crippen molar-refractivity contribution in [2.75, 3.05) is 11.9 Å². The lowest BCUT2D eigenvalue weighted by molar-refractivity contribution is -0.123. The zero-order chi connectivity index (χ0) is 25.0. The Balaban J connectivity index is 1.35. The Morgan fingerprint density at radius 2 is 1.57 bits per heavy atom. The van der Waals surface area contributed by atoms with Gasteiger partial charge in [0.25, 0.3) is 5.91 Å². The molecular formula is C27H28FN3O4. The molecule has 0 aromatic heterocycles. The molecule has 3 N–H and O–H groups in total. The van der Waals surface area contributed by atoms with E-state index in [-0.39, 0.29) is 30.2 Å². The van der Waals surface area contributed by atoms with Crippen LogP contribution < -0.4 is 20.9 Å². The smallest absolute Gasteiger partial charge is 0.269 e. The zero-order valence-corrected chi connectivity index (χ0v) is 19.4. The van der Waals surface area contributed by atoms with E-state index in [1.165, 1.54) is 23.8 Å². The molecule has 0 fully saturated rings. The zero-order valence-electron chi connectivity index (χ0n) is 19.4. The number of nitrogens with one attached hydrogen (secondary N) is 3. The minimum Gasteiger partial charge on any atom is -0.493 e. The van der Waals surface area contributed by atoms with Crippen molar-refractivity contribution in [1.82, 2.24) is 10.9 Å². The molecule has 0 saturated carbocycles. The topological polar surface area (TPSA) is 96.5 Å². The normalized spacial score (nSPS) is 11.3. The fraction of sp³-hybridized carbons (Fsp3) is 0.222. The Labute approximate surface area is 203 Å². The maximum atomic E-state index is 13.2. The van der Waals surface area contributed by atoms with E-state index in [2.05, 4.69) is 28.3 Å². The van der Waals surface area contributed by atoms with Gasteiger partial charge >= 0.3 is 0 Å². The van der Waals surface area contributed by atoms with Crippen LogP contribution in [-0.4, -0.2) is 24.3 Å². The Kier molecular flexibility index (Phi) is 9.36. The molecule has 35 heavy (non-hydrogen) atoms. The van der Waals surface area contributed by atoms with Gasteiger partial charge in [0.1, 0.15) is 11.6 Å². The van der Waals surface area contributed by atoms with Crippen molar-refractivity contribution in [2.45, 2.75) is 26.2 Å². The van der Waals surface area contributed by atoms with Gasteiger partial charge in [-0.15, -0.1) is 0 Å². The van der Waals surface area contributed by atoms with Gasteiger partial charge in [0.2, 0.25) is 11.8 Å². The van der Waals surface area contributed by atoms with Crippen LogP contribution in [0, 0.1) is 11.7 Å². The van der Waals surface area contributed by atoms with Crippen LogP contribution in [0.2, 0.25) is 0 Å². The van der Waals surface area contributed by atoms with E-state index < -0.39 is 17.6 Å². The maximum Gasteiger partial charge on any atom is 0.269 e. The van der Waals surface area contributed by atoms with Crippen LogP contribution in [0.5, 0.6) is 5.75 Å². The lowest BCUT2D eigenvalue weighted by Crippen LogP contribution is -2.42. The fourth-order valence-electron chi connectivity index (χ4n) is 3.36. The third-order valence-electron chi connectivity index (χ3n) is 5.11. The second-order valence-electron chi connectivity index (χ2n) is 8.18. The number of hydrogen-bond acceptors (Lipinski definition) is 4. The summed E-state index contributed by atoms with van der Waals surface area (Å²) in [7, 11) is 0. The van der Waals surface area contributed by atoms with E-state index in [1.54, 1.807) is 31.2 Å². The molecule has 0 spiro atoms. The number of amides is 3. The highest BCUT2D eigenvalue weighted by molar-refractivity contribution is 5.95. The number of carbonyl (C=O) groups excluding carboxylic acids is 3. The lowest BCUT2D eigenvalue weighted by Gasteiger charge is -2.13. The van der Waals surface area contributed by atoms with Gasteiger partial charge in [-0.05, 0) is 53.9 Å². The molecule has 0 aliphatic carbocycles. The summed E-state index contributed by atoms with van der Waals surface area (Å²) in [6.45, 7) is 2.31. The Hall–Kier alpha value is -4.20. The monoisotopic (exact) mass is 477 g/mol. The number of ether oxygens (including phenoxy) is 1. The van der Waals surface area contributed by atoms with Crippen LogP contribution in [-0.2, 0) is 16.0 Å². The SMILES string of the molecule is C[C@@H](CC(=O)NNC(=O)c1cccc(F)c1)CC(=O)Nc1ccc(OCCc2ccccc2)cc1. The quantitative estimate of drug-likeness (QED) is 0.380. The highest BCUT2D eigenvalue weighted by atomic mass is 19.1. The summed E-state index contributed by atoms with van der Waals surface area (Å²) < 4.78 is 18.9. The summed E-state index contributed by atoms with van der Waals surface area (Å²) in [6.07, 6.45) is 0.963. The van der Waals surface area contributed by atoms with Gasteiger partial charge < -0.3 is 10.1 Å². The molecule has 0 unspecified atom stereocenters. The largest absolute Gasteiger partial charge is 0.493 e. The molecule has 3 rings (SSSR count). The highest BCUT2D eigenvalue weighted by Gasteiger charge is 2.15. The second kappa shape index (κ2) is 12.9. The van der Waals surface area contributed by atoms with E-state index in [9.17, 15) is 18.8 Å². The average Bonchev–Trinajstić information content (AvgIpc) is 2.84. The minimum absolute atomic E-state index is 0.0328. The van der Waals surface area contributed by atoms with Crippen molar-refractivity contribution >= 4 is 23.4 Å². The number of carbonyl (C=O) groups is 3. The van der Waals surface area contributed by atoms with E-state index in [4.69, 9.17) is 4.74 Å². The third-order valence-corrected chi connectivity index (χ3v) is 5.11. The van der Waals surface area contributed by atoms with Crippen molar-refractivity contribution < 1.29 is 23.5 Å². The molecule has 0 saturated heterocycles. The van der Waals surface area contributed by atoms with Gasteiger partial charge in [-0.2, -0.15) is 0 Å². The van der Waals surface area contributed by atoms with Gasteiger partial charge in [0, 0.05) is 30.5 Å². The standard InChI is InChI=1S/C27H28FN3O4/c1-19(17-26(33)30-31-27(34)21-8-5-9-22(28)18-21)16-25(32)29-23-10-12-24(13-11-23)35-15-14-20-6-3-2-4-7-20/h2-13,18-19H,14-17H2,1H3,(H,29,32)(H,30,33)(H,31,34)/t19-/m1/s1. The van der Waals surface area contributed by atoms with Gasteiger partial charge in [-0.3, -0.25) is 25.2 Å².